The molecule has 2 amide bonds. The number of aryl methyl sites for hydroxylation is 1. The number of carbonyl (C=O) groups excluding carboxylic acids is 1. The fraction of sp³-hybridized carbons (Fsp3) is 0.588. The highest BCUT2D eigenvalue weighted by Gasteiger charge is 2.16. The van der Waals surface area contributed by atoms with E-state index in [2.05, 4.69) is 10.6 Å². The van der Waals surface area contributed by atoms with Crippen molar-refractivity contribution in [3.05, 3.63) is 29.8 Å². The van der Waals surface area contributed by atoms with Crippen LogP contribution >= 0.6 is 0 Å². The van der Waals surface area contributed by atoms with E-state index >= 15 is 0 Å². The summed E-state index contributed by atoms with van der Waals surface area (Å²) in [5, 5.41) is 6.00. The SMILES string of the molecule is Cc1ccccc1OC[C@@H](C)NC(=O)NC1CCCCC1. The van der Waals surface area contributed by atoms with Crippen molar-refractivity contribution in [2.24, 2.45) is 0 Å². The average Bonchev–Trinajstić information content (AvgIpc) is 2.47. The Kier molecular flexibility index (Phi) is 5.90. The molecule has 4 heteroatoms. The molecular formula is C17H26N2O2. The summed E-state index contributed by atoms with van der Waals surface area (Å²) in [5.41, 5.74) is 1.11. The fourth-order valence-electron chi connectivity index (χ4n) is 2.67. The number of rotatable bonds is 5. The van der Waals surface area contributed by atoms with E-state index in [1.807, 2.05) is 38.1 Å². The van der Waals surface area contributed by atoms with Crippen molar-refractivity contribution in [3.8, 4) is 5.75 Å². The maximum Gasteiger partial charge on any atom is 0.315 e. The second kappa shape index (κ2) is 7.91. The molecule has 21 heavy (non-hydrogen) atoms. The number of para-hydroxylation sites is 1. The van der Waals surface area contributed by atoms with Gasteiger partial charge in [0, 0.05) is 6.04 Å². The largest absolute Gasteiger partial charge is 0.491 e. The average molecular weight is 290 g/mol. The van der Waals surface area contributed by atoms with Gasteiger partial charge in [-0.15, -0.1) is 0 Å². The van der Waals surface area contributed by atoms with Gasteiger partial charge in [0.15, 0.2) is 0 Å². The molecule has 0 heterocycles. The van der Waals surface area contributed by atoms with Crippen molar-refractivity contribution in [3.63, 3.8) is 0 Å². The summed E-state index contributed by atoms with van der Waals surface area (Å²) in [6, 6.07) is 8.14. The summed E-state index contributed by atoms with van der Waals surface area (Å²) in [6.45, 7) is 4.45. The predicted octanol–water partition coefficient (Wildman–Crippen LogP) is 3.39. The smallest absolute Gasteiger partial charge is 0.315 e. The summed E-state index contributed by atoms with van der Waals surface area (Å²) >= 11 is 0. The van der Waals surface area contributed by atoms with E-state index < -0.39 is 0 Å². The number of carbonyl (C=O) groups is 1. The predicted molar refractivity (Wildman–Crippen MR) is 84.7 cm³/mol. The van der Waals surface area contributed by atoms with Gasteiger partial charge in [0.2, 0.25) is 0 Å². The molecule has 0 bridgehead atoms. The molecule has 0 saturated heterocycles. The van der Waals surface area contributed by atoms with Crippen molar-refractivity contribution in [1.82, 2.24) is 10.6 Å². The molecule has 1 aliphatic rings. The Bertz CT molecular complexity index is 456. The van der Waals surface area contributed by atoms with Crippen molar-refractivity contribution < 1.29 is 9.53 Å². The number of benzene rings is 1. The van der Waals surface area contributed by atoms with Gasteiger partial charge in [0.25, 0.3) is 0 Å². The van der Waals surface area contributed by atoms with Gasteiger partial charge in [0.05, 0.1) is 6.04 Å². The first kappa shape index (κ1) is 15.7. The van der Waals surface area contributed by atoms with Gasteiger partial charge in [-0.1, -0.05) is 37.5 Å². The third-order valence-electron chi connectivity index (χ3n) is 3.90. The van der Waals surface area contributed by atoms with Crippen molar-refractivity contribution in [1.29, 1.82) is 0 Å². The Hall–Kier alpha value is -1.71. The van der Waals surface area contributed by atoms with Gasteiger partial charge in [-0.2, -0.15) is 0 Å². The molecule has 1 atom stereocenters. The molecule has 0 aliphatic heterocycles. The molecule has 0 spiro atoms. The van der Waals surface area contributed by atoms with Crippen LogP contribution in [0.5, 0.6) is 5.75 Å². The minimum absolute atomic E-state index is 0.0202. The van der Waals surface area contributed by atoms with Crippen molar-refractivity contribution in [2.75, 3.05) is 6.61 Å². The highest BCUT2D eigenvalue weighted by Crippen LogP contribution is 2.17. The van der Waals surface area contributed by atoms with E-state index in [1.54, 1.807) is 0 Å². The van der Waals surface area contributed by atoms with E-state index in [0.717, 1.165) is 24.2 Å². The fourth-order valence-corrected chi connectivity index (χ4v) is 2.67. The Morgan fingerprint density at radius 1 is 1.29 bits per heavy atom. The van der Waals surface area contributed by atoms with Crippen LogP contribution in [0.25, 0.3) is 0 Å². The molecule has 2 rings (SSSR count). The van der Waals surface area contributed by atoms with Crippen LogP contribution < -0.4 is 15.4 Å². The minimum Gasteiger partial charge on any atom is -0.491 e. The van der Waals surface area contributed by atoms with E-state index in [-0.39, 0.29) is 12.1 Å². The molecule has 1 aliphatic carbocycles. The summed E-state index contributed by atoms with van der Waals surface area (Å²) in [6.07, 6.45) is 5.93. The third kappa shape index (κ3) is 5.29. The number of hydrogen-bond donors (Lipinski definition) is 2. The molecule has 1 fully saturated rings. The van der Waals surface area contributed by atoms with Crippen LogP contribution in [0, 0.1) is 6.92 Å². The molecule has 0 radical (unpaired) electrons. The Morgan fingerprint density at radius 2 is 2.00 bits per heavy atom. The van der Waals surface area contributed by atoms with Crippen molar-refractivity contribution >= 4 is 6.03 Å². The molecule has 2 N–H and O–H groups in total. The number of amides is 2. The zero-order valence-electron chi connectivity index (χ0n) is 13.0. The van der Waals surface area contributed by atoms with Gasteiger partial charge in [-0.3, -0.25) is 0 Å². The van der Waals surface area contributed by atoms with Gasteiger partial charge in [0.1, 0.15) is 12.4 Å². The first-order valence-electron chi connectivity index (χ1n) is 7.90. The lowest BCUT2D eigenvalue weighted by Crippen LogP contribution is -2.47. The molecule has 0 aromatic heterocycles. The molecular weight excluding hydrogens is 264 g/mol. The van der Waals surface area contributed by atoms with E-state index in [9.17, 15) is 4.79 Å². The van der Waals surface area contributed by atoms with Crippen LogP contribution in [0.4, 0.5) is 4.79 Å². The lowest BCUT2D eigenvalue weighted by Gasteiger charge is -2.24. The normalized spacial score (nSPS) is 17.0. The summed E-state index contributed by atoms with van der Waals surface area (Å²) < 4.78 is 5.75. The minimum atomic E-state index is -0.0808. The zero-order chi connectivity index (χ0) is 15.1. The lowest BCUT2D eigenvalue weighted by atomic mass is 9.96. The molecule has 0 unspecified atom stereocenters. The molecule has 4 nitrogen and oxygen atoms in total. The van der Waals surface area contributed by atoms with Gasteiger partial charge >= 0.3 is 6.03 Å². The first-order valence-corrected chi connectivity index (χ1v) is 7.90. The lowest BCUT2D eigenvalue weighted by molar-refractivity contribution is 0.219. The number of nitrogens with one attached hydrogen (secondary N) is 2. The van der Waals surface area contributed by atoms with Crippen LogP contribution in [-0.2, 0) is 0 Å². The standard InChI is InChI=1S/C17H26N2O2/c1-13-8-6-7-11-16(13)21-12-14(2)18-17(20)19-15-9-4-3-5-10-15/h6-8,11,14-15H,3-5,9-10,12H2,1-2H3,(H2,18,19,20)/t14-/m1/s1. The van der Waals surface area contributed by atoms with Crippen LogP contribution in [-0.4, -0.2) is 24.7 Å². The topological polar surface area (TPSA) is 50.4 Å². The zero-order valence-corrected chi connectivity index (χ0v) is 13.0. The Labute approximate surface area is 127 Å². The van der Waals surface area contributed by atoms with E-state index in [0.29, 0.717) is 12.6 Å². The molecule has 1 aromatic rings. The van der Waals surface area contributed by atoms with E-state index in [4.69, 9.17) is 4.74 Å². The molecule has 116 valence electrons. The van der Waals surface area contributed by atoms with Crippen molar-refractivity contribution in [2.45, 2.75) is 58.0 Å². The van der Waals surface area contributed by atoms with E-state index in [1.165, 1.54) is 19.3 Å². The molecule has 1 saturated carbocycles. The maximum absolute atomic E-state index is 11.9. The van der Waals surface area contributed by atoms with Gasteiger partial charge < -0.3 is 15.4 Å². The quantitative estimate of drug-likeness (QED) is 0.873. The van der Waals surface area contributed by atoms with Crippen LogP contribution in [0.3, 0.4) is 0 Å². The Balaban J connectivity index is 1.70. The van der Waals surface area contributed by atoms with Crippen LogP contribution in [0.2, 0.25) is 0 Å². The first-order chi connectivity index (χ1) is 10.1. The number of hydrogen-bond acceptors (Lipinski definition) is 2. The van der Waals surface area contributed by atoms with Crippen LogP contribution in [0.15, 0.2) is 24.3 Å². The van der Waals surface area contributed by atoms with Gasteiger partial charge in [-0.25, -0.2) is 4.79 Å². The number of ether oxygens (including phenoxy) is 1. The Morgan fingerprint density at radius 3 is 2.71 bits per heavy atom. The second-order valence-corrected chi connectivity index (χ2v) is 5.93. The summed E-state index contributed by atoms with van der Waals surface area (Å²) in [5.74, 6) is 0.874. The summed E-state index contributed by atoms with van der Waals surface area (Å²) in [4.78, 5) is 11.9. The summed E-state index contributed by atoms with van der Waals surface area (Å²) in [7, 11) is 0. The highest BCUT2D eigenvalue weighted by molar-refractivity contribution is 5.74. The third-order valence-corrected chi connectivity index (χ3v) is 3.90. The number of urea groups is 1. The monoisotopic (exact) mass is 290 g/mol. The maximum atomic E-state index is 11.9. The second-order valence-electron chi connectivity index (χ2n) is 5.93. The molecule has 1 aromatic carbocycles. The van der Waals surface area contributed by atoms with Crippen LogP contribution in [0.1, 0.15) is 44.6 Å². The highest BCUT2D eigenvalue weighted by atomic mass is 16.5. The van der Waals surface area contributed by atoms with Gasteiger partial charge in [-0.05, 0) is 38.3 Å².